The first-order chi connectivity index (χ1) is 8.45. The van der Waals surface area contributed by atoms with Gasteiger partial charge in [0.1, 0.15) is 5.76 Å². The minimum absolute atomic E-state index is 0.0892. The van der Waals surface area contributed by atoms with Crippen LogP contribution in [-0.2, 0) is 14.3 Å². The second-order valence-corrected chi connectivity index (χ2v) is 4.06. The van der Waals surface area contributed by atoms with Crippen LogP contribution in [0.5, 0.6) is 0 Å². The highest BCUT2D eigenvalue weighted by Gasteiger charge is 2.14. The summed E-state index contributed by atoms with van der Waals surface area (Å²) >= 11 is 11.5. The number of carbonyl (C=O) groups excluding carboxylic acids is 2. The van der Waals surface area contributed by atoms with E-state index in [0.29, 0.717) is 5.02 Å². The van der Waals surface area contributed by atoms with Gasteiger partial charge >= 0.3 is 5.97 Å². The van der Waals surface area contributed by atoms with E-state index in [2.05, 4.69) is 4.74 Å². The molecule has 0 saturated heterocycles. The van der Waals surface area contributed by atoms with Crippen molar-refractivity contribution in [3.63, 3.8) is 0 Å². The minimum atomic E-state index is -1.02. The van der Waals surface area contributed by atoms with E-state index in [4.69, 9.17) is 23.2 Å². The van der Waals surface area contributed by atoms with Gasteiger partial charge in [0, 0.05) is 11.6 Å². The summed E-state index contributed by atoms with van der Waals surface area (Å²) in [7, 11) is 0. The van der Waals surface area contributed by atoms with Crippen LogP contribution in [0, 0.1) is 0 Å². The van der Waals surface area contributed by atoms with Crippen molar-refractivity contribution >= 4 is 40.7 Å². The third kappa shape index (κ3) is 3.75. The molecule has 0 atom stereocenters. The average molecular weight is 289 g/mol. The molecular weight excluding hydrogens is 279 g/mol. The van der Waals surface area contributed by atoms with E-state index in [-0.39, 0.29) is 23.0 Å². The predicted octanol–water partition coefficient (Wildman–Crippen LogP) is 3.02. The first-order valence-electron chi connectivity index (χ1n) is 5.03. The van der Waals surface area contributed by atoms with Crippen molar-refractivity contribution < 1.29 is 19.4 Å². The number of aliphatic hydroxyl groups is 1. The third-order valence-corrected chi connectivity index (χ3v) is 2.70. The molecule has 6 heteroatoms. The average Bonchev–Trinajstić information content (AvgIpc) is 2.32. The topological polar surface area (TPSA) is 63.6 Å². The van der Waals surface area contributed by atoms with E-state index in [0.717, 1.165) is 6.08 Å². The highest BCUT2D eigenvalue weighted by atomic mass is 35.5. The largest absolute Gasteiger partial charge is 0.507 e. The number of benzene rings is 1. The lowest BCUT2D eigenvalue weighted by atomic mass is 10.1. The van der Waals surface area contributed by atoms with Gasteiger partial charge in [-0.3, -0.25) is 4.79 Å². The number of ketones is 1. The van der Waals surface area contributed by atoms with E-state index in [1.54, 1.807) is 6.92 Å². The lowest BCUT2D eigenvalue weighted by molar-refractivity contribution is -0.151. The van der Waals surface area contributed by atoms with E-state index in [1.807, 2.05) is 0 Å². The fraction of sp³-hybridized carbons (Fsp3) is 0.167. The lowest BCUT2D eigenvalue weighted by Gasteiger charge is -2.02. The lowest BCUT2D eigenvalue weighted by Crippen LogP contribution is -2.15. The van der Waals surface area contributed by atoms with Crippen LogP contribution in [-0.4, -0.2) is 23.5 Å². The molecule has 1 aromatic rings. The number of aliphatic hydroxyl groups excluding tert-OH is 1. The highest BCUT2D eigenvalue weighted by molar-refractivity contribution is 6.42. The van der Waals surface area contributed by atoms with Crippen molar-refractivity contribution in [1.82, 2.24) is 0 Å². The summed E-state index contributed by atoms with van der Waals surface area (Å²) in [6.07, 6.45) is 0.775. The molecule has 0 unspecified atom stereocenters. The monoisotopic (exact) mass is 288 g/mol. The van der Waals surface area contributed by atoms with E-state index < -0.39 is 11.8 Å². The molecule has 0 aliphatic rings. The van der Waals surface area contributed by atoms with Crippen LogP contribution < -0.4 is 0 Å². The van der Waals surface area contributed by atoms with Crippen molar-refractivity contribution in [3.05, 3.63) is 39.9 Å². The van der Waals surface area contributed by atoms with Crippen LogP contribution in [0.15, 0.2) is 24.3 Å². The van der Waals surface area contributed by atoms with Crippen molar-refractivity contribution in [1.29, 1.82) is 0 Å². The van der Waals surface area contributed by atoms with Crippen LogP contribution in [0.25, 0.3) is 5.76 Å². The second kappa shape index (κ2) is 6.42. The molecule has 96 valence electrons. The van der Waals surface area contributed by atoms with Gasteiger partial charge in [0.05, 0.1) is 16.7 Å². The Morgan fingerprint density at radius 2 is 2.00 bits per heavy atom. The van der Waals surface area contributed by atoms with Crippen molar-refractivity contribution in [3.8, 4) is 0 Å². The van der Waals surface area contributed by atoms with Gasteiger partial charge in [-0.05, 0) is 25.1 Å². The number of ether oxygens (including phenoxy) is 1. The Hall–Kier alpha value is -1.52. The zero-order valence-corrected chi connectivity index (χ0v) is 11.0. The molecule has 0 radical (unpaired) electrons. The normalized spacial score (nSPS) is 11.2. The summed E-state index contributed by atoms with van der Waals surface area (Å²) in [5.41, 5.74) is 0.280. The second-order valence-electron chi connectivity index (χ2n) is 3.24. The highest BCUT2D eigenvalue weighted by Crippen LogP contribution is 2.25. The molecule has 18 heavy (non-hydrogen) atoms. The Kier molecular flexibility index (Phi) is 5.19. The van der Waals surface area contributed by atoms with Crippen LogP contribution >= 0.6 is 23.2 Å². The number of halogens is 2. The molecule has 0 aliphatic carbocycles. The fourth-order valence-electron chi connectivity index (χ4n) is 1.12. The summed E-state index contributed by atoms with van der Waals surface area (Å²) in [6, 6.07) is 4.32. The van der Waals surface area contributed by atoms with Crippen molar-refractivity contribution in [2.45, 2.75) is 6.92 Å². The molecule has 0 heterocycles. The summed E-state index contributed by atoms with van der Waals surface area (Å²) in [4.78, 5) is 22.4. The van der Waals surface area contributed by atoms with Crippen molar-refractivity contribution in [2.75, 3.05) is 6.61 Å². The molecule has 0 bridgehead atoms. The Morgan fingerprint density at radius 1 is 1.33 bits per heavy atom. The molecule has 0 saturated carbocycles. The number of esters is 1. The Bertz CT molecular complexity index is 509. The standard InChI is InChI=1S/C12H10Cl2O4/c1-2-18-12(17)11(16)6-10(15)7-3-4-8(13)9(14)5-7/h3-6,15H,2H2,1H3/b10-6-. The van der Waals surface area contributed by atoms with Crippen LogP contribution in [0.1, 0.15) is 12.5 Å². The zero-order valence-electron chi connectivity index (χ0n) is 9.44. The molecule has 0 amide bonds. The number of rotatable bonds is 4. The molecule has 4 nitrogen and oxygen atoms in total. The van der Waals surface area contributed by atoms with Gasteiger partial charge in [-0.25, -0.2) is 4.79 Å². The van der Waals surface area contributed by atoms with Crippen LogP contribution in [0.2, 0.25) is 10.0 Å². The number of carbonyl (C=O) groups is 2. The van der Waals surface area contributed by atoms with E-state index >= 15 is 0 Å². The summed E-state index contributed by atoms with van der Waals surface area (Å²) < 4.78 is 4.49. The molecule has 0 aliphatic heterocycles. The molecule has 1 rings (SSSR count). The summed E-state index contributed by atoms with van der Waals surface area (Å²) in [6.45, 7) is 1.67. The van der Waals surface area contributed by atoms with Gasteiger partial charge in [0.25, 0.3) is 5.78 Å². The van der Waals surface area contributed by atoms with E-state index in [9.17, 15) is 14.7 Å². The molecule has 1 aromatic carbocycles. The maximum Gasteiger partial charge on any atom is 0.379 e. The molecule has 0 aromatic heterocycles. The zero-order chi connectivity index (χ0) is 13.7. The number of hydrogen-bond donors (Lipinski definition) is 1. The molecule has 1 N–H and O–H groups in total. The third-order valence-electron chi connectivity index (χ3n) is 1.96. The van der Waals surface area contributed by atoms with Gasteiger partial charge in [-0.1, -0.05) is 23.2 Å². The van der Waals surface area contributed by atoms with Crippen LogP contribution in [0.3, 0.4) is 0 Å². The molecule has 0 fully saturated rings. The van der Waals surface area contributed by atoms with Crippen LogP contribution in [0.4, 0.5) is 0 Å². The molecule has 0 spiro atoms. The first-order valence-corrected chi connectivity index (χ1v) is 5.78. The summed E-state index contributed by atoms with van der Waals surface area (Å²) in [5.74, 6) is -2.35. The summed E-state index contributed by atoms with van der Waals surface area (Å²) in [5, 5.41) is 10.2. The minimum Gasteiger partial charge on any atom is -0.507 e. The number of hydrogen-bond acceptors (Lipinski definition) is 4. The van der Waals surface area contributed by atoms with Gasteiger partial charge in [0.2, 0.25) is 0 Å². The Labute approximate surface area is 114 Å². The van der Waals surface area contributed by atoms with Gasteiger partial charge in [0.15, 0.2) is 0 Å². The first kappa shape index (κ1) is 14.5. The Balaban J connectivity index is 2.92. The fourth-order valence-corrected chi connectivity index (χ4v) is 1.42. The SMILES string of the molecule is CCOC(=O)C(=O)/C=C(\O)c1ccc(Cl)c(Cl)c1. The van der Waals surface area contributed by atoms with E-state index in [1.165, 1.54) is 18.2 Å². The molecular formula is C12H10Cl2O4. The Morgan fingerprint density at radius 3 is 2.56 bits per heavy atom. The maximum absolute atomic E-state index is 11.3. The van der Waals surface area contributed by atoms with Gasteiger partial charge in [-0.15, -0.1) is 0 Å². The smallest absolute Gasteiger partial charge is 0.379 e. The predicted molar refractivity (Wildman–Crippen MR) is 68.7 cm³/mol. The van der Waals surface area contributed by atoms with Gasteiger partial charge < -0.3 is 9.84 Å². The van der Waals surface area contributed by atoms with Crippen molar-refractivity contribution in [2.24, 2.45) is 0 Å². The quantitative estimate of drug-likeness (QED) is 0.400. The maximum atomic E-state index is 11.3. The van der Waals surface area contributed by atoms with Gasteiger partial charge in [-0.2, -0.15) is 0 Å².